The molecule has 1 aliphatic rings. The van der Waals surface area contributed by atoms with Crippen molar-refractivity contribution in [2.24, 2.45) is 0 Å². The molecule has 0 fully saturated rings. The van der Waals surface area contributed by atoms with E-state index in [4.69, 9.17) is 14.7 Å². The number of methoxy groups -OCH3 is 1. The summed E-state index contributed by atoms with van der Waals surface area (Å²) in [5.41, 5.74) is 9.19. The van der Waals surface area contributed by atoms with Gasteiger partial charge in [-0.15, -0.1) is 0 Å². The summed E-state index contributed by atoms with van der Waals surface area (Å²) in [5, 5.41) is 2.11. The fourth-order valence-corrected chi connectivity index (χ4v) is 6.26. The minimum absolute atomic E-state index is 0.366. The third-order valence-electron chi connectivity index (χ3n) is 8.23. The van der Waals surface area contributed by atoms with E-state index >= 15 is 0 Å². The molecule has 2 heterocycles. The summed E-state index contributed by atoms with van der Waals surface area (Å²) in [6.45, 7) is 5.94. The van der Waals surface area contributed by atoms with Gasteiger partial charge in [0.05, 0.1) is 29.7 Å². The van der Waals surface area contributed by atoms with Crippen LogP contribution < -0.4 is 4.90 Å². The zero-order valence-corrected chi connectivity index (χ0v) is 25.6. The first-order valence-electron chi connectivity index (χ1n) is 15.2. The van der Waals surface area contributed by atoms with Crippen molar-refractivity contribution in [2.45, 2.75) is 6.92 Å². The van der Waals surface area contributed by atoms with Gasteiger partial charge in [-0.3, -0.25) is 4.90 Å². The molecule has 0 aliphatic carbocycles. The quantitative estimate of drug-likeness (QED) is 0.135. The Bertz CT molecular complexity index is 2200. The highest BCUT2D eigenvalue weighted by Crippen LogP contribution is 2.52. The highest BCUT2D eigenvalue weighted by molar-refractivity contribution is 6.18. The van der Waals surface area contributed by atoms with Crippen LogP contribution in [0.25, 0.3) is 50.0 Å². The van der Waals surface area contributed by atoms with E-state index in [1.807, 2.05) is 85.8 Å². The molecular weight excluding hydrogens is 566 g/mol. The molecule has 0 amide bonds. The highest BCUT2D eigenvalue weighted by atomic mass is 16.5. The van der Waals surface area contributed by atoms with Gasteiger partial charge in [-0.05, 0) is 52.8 Å². The predicted molar refractivity (Wildman–Crippen MR) is 188 cm³/mol. The first-order valence-corrected chi connectivity index (χ1v) is 15.2. The first-order chi connectivity index (χ1) is 22.6. The van der Waals surface area contributed by atoms with Crippen LogP contribution in [-0.4, -0.2) is 23.0 Å². The second-order valence-corrected chi connectivity index (χ2v) is 10.9. The van der Waals surface area contributed by atoms with Crippen molar-refractivity contribution < 1.29 is 9.53 Å². The van der Waals surface area contributed by atoms with Gasteiger partial charge >= 0.3 is 5.97 Å². The van der Waals surface area contributed by atoms with Crippen LogP contribution >= 0.6 is 0 Å². The largest absolute Gasteiger partial charge is 0.465 e. The summed E-state index contributed by atoms with van der Waals surface area (Å²) in [6, 6.07) is 38.7. The minimum Gasteiger partial charge on any atom is -0.465 e. The predicted octanol–water partition coefficient (Wildman–Crippen LogP) is 10.3. The molecule has 0 atom stereocenters. The number of benzene rings is 5. The Morgan fingerprint density at radius 3 is 2.26 bits per heavy atom. The molecule has 7 rings (SSSR count). The van der Waals surface area contributed by atoms with Gasteiger partial charge in [0.15, 0.2) is 5.82 Å². The summed E-state index contributed by atoms with van der Waals surface area (Å²) >= 11 is 0. The molecule has 5 nitrogen and oxygen atoms in total. The molecule has 0 bridgehead atoms. The van der Waals surface area contributed by atoms with E-state index in [1.165, 1.54) is 7.11 Å². The van der Waals surface area contributed by atoms with Crippen LogP contribution in [0.1, 0.15) is 23.0 Å². The average Bonchev–Trinajstić information content (AvgIpc) is 3.11. The minimum atomic E-state index is -0.366. The van der Waals surface area contributed by atoms with Gasteiger partial charge in [-0.25, -0.2) is 14.8 Å². The van der Waals surface area contributed by atoms with Crippen molar-refractivity contribution in [3.05, 3.63) is 157 Å². The number of esters is 1. The Labute approximate surface area is 268 Å². The molecule has 0 spiro atoms. The maximum absolute atomic E-state index is 12.8. The number of nitrogens with zero attached hydrogens (tertiary/aromatic N) is 3. The number of para-hydroxylation sites is 1. The van der Waals surface area contributed by atoms with Gasteiger partial charge in [0, 0.05) is 22.6 Å². The van der Waals surface area contributed by atoms with E-state index in [9.17, 15) is 4.79 Å². The molecule has 0 saturated carbocycles. The van der Waals surface area contributed by atoms with E-state index in [2.05, 4.69) is 66.1 Å². The number of aromatic nitrogens is 2. The van der Waals surface area contributed by atoms with Crippen LogP contribution in [-0.2, 0) is 4.74 Å². The standard InChI is InChI=1S/C41H31N3O2/c1-4-14-27(15-5-2)35-26-38(43-40(42-35)28-16-7-6-8-17-28)44-36-22-12-11-19-31(36)33-25-24-30(32-21-13-23-37(44)39(32)33)29-18-9-10-20-34(29)41(45)46-3/h4-26H,1H2,2-3H3/b15-5-,27-14+. The normalized spacial score (nSPS) is 12.3. The third-order valence-corrected chi connectivity index (χ3v) is 8.23. The van der Waals surface area contributed by atoms with Crippen LogP contribution in [0.2, 0.25) is 0 Å². The summed E-state index contributed by atoms with van der Waals surface area (Å²) in [5.74, 6) is 1.01. The molecule has 222 valence electrons. The van der Waals surface area contributed by atoms with Crippen molar-refractivity contribution in [3.63, 3.8) is 0 Å². The number of ether oxygens (including phenoxy) is 1. The maximum Gasteiger partial charge on any atom is 0.338 e. The Hall–Kier alpha value is -6.07. The molecule has 46 heavy (non-hydrogen) atoms. The molecule has 0 unspecified atom stereocenters. The Kier molecular flexibility index (Phi) is 7.57. The number of rotatable bonds is 7. The summed E-state index contributed by atoms with van der Waals surface area (Å²) in [6.07, 6.45) is 7.78. The van der Waals surface area contributed by atoms with Gasteiger partial charge in [0.1, 0.15) is 5.82 Å². The van der Waals surface area contributed by atoms with Crippen molar-refractivity contribution in [1.29, 1.82) is 0 Å². The number of carbonyl (C=O) groups is 1. The van der Waals surface area contributed by atoms with Crippen LogP contribution in [0.5, 0.6) is 0 Å². The lowest BCUT2D eigenvalue weighted by atomic mass is 9.86. The molecule has 1 aliphatic heterocycles. The lowest BCUT2D eigenvalue weighted by Crippen LogP contribution is -2.17. The monoisotopic (exact) mass is 597 g/mol. The van der Waals surface area contributed by atoms with Crippen molar-refractivity contribution in [1.82, 2.24) is 9.97 Å². The molecule has 5 aromatic carbocycles. The highest BCUT2D eigenvalue weighted by Gasteiger charge is 2.29. The summed E-state index contributed by atoms with van der Waals surface area (Å²) in [7, 11) is 1.41. The molecule has 1 aromatic heterocycles. The zero-order chi connectivity index (χ0) is 31.6. The molecule has 5 heteroatoms. The van der Waals surface area contributed by atoms with Gasteiger partial charge in [0.25, 0.3) is 0 Å². The van der Waals surface area contributed by atoms with Crippen LogP contribution in [0, 0.1) is 0 Å². The number of hydrogen-bond acceptors (Lipinski definition) is 5. The lowest BCUT2D eigenvalue weighted by Gasteiger charge is -2.33. The topological polar surface area (TPSA) is 55.3 Å². The Balaban J connectivity index is 1.53. The third kappa shape index (κ3) is 4.88. The fourth-order valence-electron chi connectivity index (χ4n) is 6.26. The van der Waals surface area contributed by atoms with Crippen molar-refractivity contribution in [3.8, 4) is 33.6 Å². The smallest absolute Gasteiger partial charge is 0.338 e. The summed E-state index contributed by atoms with van der Waals surface area (Å²) in [4.78, 5) is 25.3. The summed E-state index contributed by atoms with van der Waals surface area (Å²) < 4.78 is 5.15. The fraction of sp³-hybridized carbons (Fsp3) is 0.0488. The number of carbonyl (C=O) groups excluding carboxylic acids is 1. The van der Waals surface area contributed by atoms with Gasteiger partial charge in [0.2, 0.25) is 0 Å². The number of fused-ring (bicyclic) bond motifs is 2. The van der Waals surface area contributed by atoms with Gasteiger partial charge in [-0.2, -0.15) is 0 Å². The van der Waals surface area contributed by atoms with Gasteiger partial charge < -0.3 is 4.74 Å². The average molecular weight is 598 g/mol. The first kappa shape index (κ1) is 28.7. The second kappa shape index (κ2) is 12.1. The molecule has 0 N–H and O–H groups in total. The van der Waals surface area contributed by atoms with E-state index in [0.29, 0.717) is 11.4 Å². The van der Waals surface area contributed by atoms with E-state index < -0.39 is 0 Å². The van der Waals surface area contributed by atoms with Crippen molar-refractivity contribution in [2.75, 3.05) is 12.0 Å². The lowest BCUT2D eigenvalue weighted by molar-refractivity contribution is 0.0601. The van der Waals surface area contributed by atoms with E-state index in [-0.39, 0.29) is 5.97 Å². The number of allylic oxidation sites excluding steroid dienone is 5. The van der Waals surface area contributed by atoms with Crippen LogP contribution in [0.15, 0.2) is 146 Å². The number of hydrogen-bond donors (Lipinski definition) is 0. The molecule has 0 radical (unpaired) electrons. The SMILES string of the molecule is C=C/C=C(\C=C/C)c1cc(N2c3ccccc3-c3ccc(-c4ccccc4C(=O)OC)c4cccc2c34)nc(-c2ccccc2)n1. The second-order valence-electron chi connectivity index (χ2n) is 10.9. The van der Waals surface area contributed by atoms with Gasteiger partial charge in [-0.1, -0.05) is 122 Å². The van der Waals surface area contributed by atoms with E-state index in [1.54, 1.807) is 6.08 Å². The van der Waals surface area contributed by atoms with Crippen LogP contribution in [0.4, 0.5) is 17.2 Å². The maximum atomic E-state index is 12.8. The van der Waals surface area contributed by atoms with Crippen molar-refractivity contribution >= 4 is 39.5 Å². The molecule has 6 aromatic rings. The molecule has 0 saturated heterocycles. The Morgan fingerprint density at radius 2 is 1.48 bits per heavy atom. The number of anilines is 3. The van der Waals surface area contributed by atoms with Crippen LogP contribution in [0.3, 0.4) is 0 Å². The zero-order valence-electron chi connectivity index (χ0n) is 25.6. The molecular formula is C41H31N3O2. The van der Waals surface area contributed by atoms with E-state index in [0.717, 1.165) is 67.0 Å². The Morgan fingerprint density at radius 1 is 0.761 bits per heavy atom.